The molecule has 1 saturated carbocycles. The van der Waals surface area contributed by atoms with Gasteiger partial charge in [0.15, 0.2) is 0 Å². The highest BCUT2D eigenvalue weighted by molar-refractivity contribution is 5.79. The lowest BCUT2D eigenvalue weighted by Crippen LogP contribution is -2.42. The van der Waals surface area contributed by atoms with Crippen LogP contribution in [0.15, 0.2) is 12.2 Å². The van der Waals surface area contributed by atoms with E-state index in [0.29, 0.717) is 19.3 Å². The maximum absolute atomic E-state index is 12.8. The Morgan fingerprint density at radius 3 is 2.47 bits per heavy atom. The van der Waals surface area contributed by atoms with Crippen LogP contribution >= 0.6 is 0 Å². The molecule has 0 heterocycles. The highest BCUT2D eigenvalue weighted by Gasteiger charge is 2.47. The Labute approximate surface area is 99.3 Å². The van der Waals surface area contributed by atoms with E-state index in [2.05, 4.69) is 11.9 Å². The minimum atomic E-state index is -4.27. The van der Waals surface area contributed by atoms with Crippen LogP contribution in [0.1, 0.15) is 32.6 Å². The molecule has 0 aromatic rings. The van der Waals surface area contributed by atoms with E-state index in [4.69, 9.17) is 0 Å². The summed E-state index contributed by atoms with van der Waals surface area (Å²) >= 11 is 0. The lowest BCUT2D eigenvalue weighted by molar-refractivity contribution is -0.198. The number of nitrogens with one attached hydrogen (secondary N) is 1. The van der Waals surface area contributed by atoms with Gasteiger partial charge in [-0.3, -0.25) is 4.79 Å². The standard InChI is InChI=1S/C12H18F3NO/c1-8(2)7-16-11(17)9-5-3-4-6-10(9)12(13,14)15/h9-10H,1,3-7H2,2H3,(H,16,17). The van der Waals surface area contributed by atoms with Gasteiger partial charge in [-0.25, -0.2) is 0 Å². The molecule has 0 saturated heterocycles. The van der Waals surface area contributed by atoms with Crippen LogP contribution in [0.2, 0.25) is 0 Å². The van der Waals surface area contributed by atoms with Crippen molar-refractivity contribution in [1.82, 2.24) is 5.32 Å². The van der Waals surface area contributed by atoms with Crippen LogP contribution in [0, 0.1) is 11.8 Å². The minimum absolute atomic E-state index is 0.0641. The summed E-state index contributed by atoms with van der Waals surface area (Å²) in [6.45, 7) is 5.58. The Bertz CT molecular complexity index is 299. The van der Waals surface area contributed by atoms with E-state index in [1.807, 2.05) is 0 Å². The molecule has 17 heavy (non-hydrogen) atoms. The van der Waals surface area contributed by atoms with Crippen molar-refractivity contribution in [1.29, 1.82) is 0 Å². The second kappa shape index (κ2) is 5.56. The Hall–Kier alpha value is -1.00. The number of rotatable bonds is 3. The summed E-state index contributed by atoms with van der Waals surface area (Å²) in [5.74, 6) is -2.90. The molecule has 0 aliphatic heterocycles. The molecule has 5 heteroatoms. The molecule has 1 fully saturated rings. The first-order valence-electron chi connectivity index (χ1n) is 5.81. The molecule has 98 valence electrons. The van der Waals surface area contributed by atoms with Gasteiger partial charge in [0.05, 0.1) is 5.92 Å². The SMILES string of the molecule is C=C(C)CNC(=O)C1CCCCC1C(F)(F)F. The third-order valence-corrected chi connectivity index (χ3v) is 3.09. The minimum Gasteiger partial charge on any atom is -0.352 e. The number of carbonyl (C=O) groups is 1. The van der Waals surface area contributed by atoms with Crippen molar-refractivity contribution in [3.63, 3.8) is 0 Å². The zero-order chi connectivity index (χ0) is 13.1. The summed E-state index contributed by atoms with van der Waals surface area (Å²) in [6.07, 6.45) is -2.64. The van der Waals surface area contributed by atoms with E-state index in [0.717, 1.165) is 5.57 Å². The van der Waals surface area contributed by atoms with Crippen molar-refractivity contribution in [2.24, 2.45) is 11.8 Å². The molecule has 1 amide bonds. The smallest absolute Gasteiger partial charge is 0.352 e. The zero-order valence-corrected chi connectivity index (χ0v) is 9.94. The van der Waals surface area contributed by atoms with Gasteiger partial charge in [0, 0.05) is 12.5 Å². The fraction of sp³-hybridized carbons (Fsp3) is 0.750. The summed E-state index contributed by atoms with van der Waals surface area (Å²) in [7, 11) is 0. The summed E-state index contributed by atoms with van der Waals surface area (Å²) in [4.78, 5) is 11.7. The Morgan fingerprint density at radius 1 is 1.35 bits per heavy atom. The fourth-order valence-electron chi connectivity index (χ4n) is 2.21. The van der Waals surface area contributed by atoms with Crippen molar-refractivity contribution in [3.8, 4) is 0 Å². The van der Waals surface area contributed by atoms with Gasteiger partial charge in [0.1, 0.15) is 0 Å². The summed E-state index contributed by atoms with van der Waals surface area (Å²) in [5.41, 5.74) is 0.734. The van der Waals surface area contributed by atoms with E-state index in [-0.39, 0.29) is 13.0 Å². The van der Waals surface area contributed by atoms with Crippen molar-refractivity contribution >= 4 is 5.91 Å². The number of alkyl halides is 3. The van der Waals surface area contributed by atoms with E-state index < -0.39 is 23.9 Å². The summed E-state index contributed by atoms with van der Waals surface area (Å²) in [5, 5.41) is 2.52. The molecule has 1 aliphatic rings. The molecule has 0 aromatic heterocycles. The quantitative estimate of drug-likeness (QED) is 0.765. The van der Waals surface area contributed by atoms with Gasteiger partial charge in [-0.05, 0) is 19.8 Å². The summed E-state index contributed by atoms with van der Waals surface area (Å²) < 4.78 is 38.3. The maximum atomic E-state index is 12.8. The highest BCUT2D eigenvalue weighted by Crippen LogP contribution is 2.41. The molecule has 1 rings (SSSR count). The Kier molecular flexibility index (Phi) is 4.60. The van der Waals surface area contributed by atoms with Crippen LogP contribution in [0.4, 0.5) is 13.2 Å². The number of halogens is 3. The molecule has 2 atom stereocenters. The number of hydrogen-bond acceptors (Lipinski definition) is 1. The monoisotopic (exact) mass is 249 g/mol. The first-order chi connectivity index (χ1) is 7.82. The molecule has 2 unspecified atom stereocenters. The van der Waals surface area contributed by atoms with Crippen molar-refractivity contribution in [3.05, 3.63) is 12.2 Å². The number of amides is 1. The molecule has 0 bridgehead atoms. The Balaban J connectivity index is 2.64. The van der Waals surface area contributed by atoms with Gasteiger partial charge in [-0.1, -0.05) is 25.0 Å². The van der Waals surface area contributed by atoms with Crippen molar-refractivity contribution < 1.29 is 18.0 Å². The molecule has 2 nitrogen and oxygen atoms in total. The third-order valence-electron chi connectivity index (χ3n) is 3.09. The lowest BCUT2D eigenvalue weighted by atomic mass is 9.78. The average molecular weight is 249 g/mol. The molecule has 0 radical (unpaired) electrons. The van der Waals surface area contributed by atoms with Gasteiger partial charge in [-0.15, -0.1) is 0 Å². The third kappa shape index (κ3) is 4.06. The second-order valence-electron chi connectivity index (χ2n) is 4.71. The normalized spacial score (nSPS) is 25.4. The average Bonchev–Trinajstić information content (AvgIpc) is 2.24. The maximum Gasteiger partial charge on any atom is 0.392 e. The van der Waals surface area contributed by atoms with E-state index in [9.17, 15) is 18.0 Å². The van der Waals surface area contributed by atoms with E-state index in [1.54, 1.807) is 6.92 Å². The van der Waals surface area contributed by atoms with Gasteiger partial charge in [-0.2, -0.15) is 13.2 Å². The zero-order valence-electron chi connectivity index (χ0n) is 9.94. The van der Waals surface area contributed by atoms with Crippen LogP contribution < -0.4 is 5.32 Å². The molecular weight excluding hydrogens is 231 g/mol. The van der Waals surface area contributed by atoms with Gasteiger partial charge in [0.25, 0.3) is 0 Å². The molecule has 0 aromatic carbocycles. The topological polar surface area (TPSA) is 29.1 Å². The van der Waals surface area contributed by atoms with Gasteiger partial charge in [0.2, 0.25) is 5.91 Å². The Morgan fingerprint density at radius 2 is 1.94 bits per heavy atom. The highest BCUT2D eigenvalue weighted by atomic mass is 19.4. The number of carbonyl (C=O) groups excluding carboxylic acids is 1. The van der Waals surface area contributed by atoms with Crippen molar-refractivity contribution in [2.75, 3.05) is 6.54 Å². The van der Waals surface area contributed by atoms with E-state index >= 15 is 0 Å². The molecule has 1 aliphatic carbocycles. The molecule has 0 spiro atoms. The van der Waals surface area contributed by atoms with Crippen molar-refractivity contribution in [2.45, 2.75) is 38.8 Å². The predicted octanol–water partition coefficient (Wildman–Crippen LogP) is 3.05. The number of hydrogen-bond donors (Lipinski definition) is 1. The second-order valence-corrected chi connectivity index (χ2v) is 4.71. The van der Waals surface area contributed by atoms with Crippen LogP contribution in [-0.4, -0.2) is 18.6 Å². The van der Waals surface area contributed by atoms with Crippen LogP contribution in [0.5, 0.6) is 0 Å². The molecular formula is C12H18F3NO. The largest absolute Gasteiger partial charge is 0.392 e. The molecule has 1 N–H and O–H groups in total. The van der Waals surface area contributed by atoms with Crippen LogP contribution in [-0.2, 0) is 4.79 Å². The van der Waals surface area contributed by atoms with E-state index in [1.165, 1.54) is 0 Å². The summed E-state index contributed by atoms with van der Waals surface area (Å²) in [6, 6.07) is 0. The van der Waals surface area contributed by atoms with Gasteiger partial charge >= 0.3 is 6.18 Å². The lowest BCUT2D eigenvalue weighted by Gasteiger charge is -2.32. The van der Waals surface area contributed by atoms with Gasteiger partial charge < -0.3 is 5.32 Å². The first kappa shape index (κ1) is 14.1. The fourth-order valence-corrected chi connectivity index (χ4v) is 2.21. The van der Waals surface area contributed by atoms with Crippen LogP contribution in [0.3, 0.4) is 0 Å². The predicted molar refractivity (Wildman–Crippen MR) is 59.3 cm³/mol. The van der Waals surface area contributed by atoms with Crippen LogP contribution in [0.25, 0.3) is 0 Å². The first-order valence-corrected chi connectivity index (χ1v) is 5.81.